The Bertz CT molecular complexity index is 745. The van der Waals surface area contributed by atoms with E-state index in [2.05, 4.69) is 20.9 Å². The second kappa shape index (κ2) is 5.41. The van der Waals surface area contributed by atoms with Crippen molar-refractivity contribution in [3.63, 3.8) is 0 Å². The van der Waals surface area contributed by atoms with Gasteiger partial charge in [-0.05, 0) is 18.2 Å². The molecule has 5 heteroatoms. The maximum Gasteiger partial charge on any atom is 0.262 e. The molecular formula is C16H12BrFN2O. The lowest BCUT2D eigenvalue weighted by Gasteiger charge is -2.18. The zero-order valence-electron chi connectivity index (χ0n) is 11.3. The van der Waals surface area contributed by atoms with Gasteiger partial charge in [-0.2, -0.15) is 0 Å². The van der Waals surface area contributed by atoms with Crippen molar-refractivity contribution in [1.82, 2.24) is 0 Å². The van der Waals surface area contributed by atoms with Crippen LogP contribution >= 0.6 is 15.9 Å². The molecule has 0 N–H and O–H groups in total. The molecule has 0 fully saturated rings. The molecule has 2 aromatic carbocycles. The van der Waals surface area contributed by atoms with Gasteiger partial charge >= 0.3 is 0 Å². The first kappa shape index (κ1) is 13.9. The number of halogens is 2. The third kappa shape index (κ3) is 2.38. The third-order valence-corrected chi connectivity index (χ3v) is 4.02. The Morgan fingerprint density at radius 2 is 1.71 bits per heavy atom. The molecule has 1 amide bonds. The van der Waals surface area contributed by atoms with Crippen LogP contribution in [-0.2, 0) is 4.79 Å². The van der Waals surface area contributed by atoms with Crippen LogP contribution in [0.3, 0.4) is 0 Å². The van der Waals surface area contributed by atoms with E-state index >= 15 is 0 Å². The van der Waals surface area contributed by atoms with E-state index in [1.54, 1.807) is 25.2 Å². The summed E-state index contributed by atoms with van der Waals surface area (Å²) in [6, 6.07) is 13.8. The second-order valence-electron chi connectivity index (χ2n) is 4.71. The Morgan fingerprint density at radius 1 is 1.10 bits per heavy atom. The lowest BCUT2D eigenvalue weighted by molar-refractivity contribution is -0.117. The first-order valence-electron chi connectivity index (χ1n) is 6.43. The molecule has 1 unspecified atom stereocenters. The van der Waals surface area contributed by atoms with Crippen LogP contribution in [0.25, 0.3) is 0 Å². The van der Waals surface area contributed by atoms with Crippen molar-refractivity contribution in [3.05, 3.63) is 65.5 Å². The first-order chi connectivity index (χ1) is 10.1. The van der Waals surface area contributed by atoms with Gasteiger partial charge in [-0.25, -0.2) is 4.39 Å². The Balaban J connectivity index is 2.28. The predicted octanol–water partition coefficient (Wildman–Crippen LogP) is 3.36. The monoisotopic (exact) mass is 346 g/mol. The van der Waals surface area contributed by atoms with Crippen molar-refractivity contribution >= 4 is 33.2 Å². The van der Waals surface area contributed by atoms with Gasteiger partial charge in [-0.1, -0.05) is 46.3 Å². The van der Waals surface area contributed by atoms with E-state index in [0.717, 1.165) is 5.56 Å². The van der Waals surface area contributed by atoms with E-state index < -0.39 is 4.95 Å². The van der Waals surface area contributed by atoms with Crippen LogP contribution in [0.5, 0.6) is 0 Å². The molecule has 0 spiro atoms. The number of aliphatic imine (C=N–C) groups is 1. The quantitative estimate of drug-likeness (QED) is 0.575. The molecule has 1 atom stereocenters. The number of hydrogen-bond acceptors (Lipinski definition) is 2. The standard InChI is InChI=1S/C16H12BrFN2O/c1-20-13-9-5-3-7-11(13)14(19-15(17)16(20)21)10-6-2-4-8-12(10)18/h2-9,15H,1H3. The van der Waals surface area contributed by atoms with E-state index in [-0.39, 0.29) is 11.7 Å². The van der Waals surface area contributed by atoms with Gasteiger partial charge < -0.3 is 4.90 Å². The van der Waals surface area contributed by atoms with Crippen LogP contribution in [0.2, 0.25) is 0 Å². The van der Waals surface area contributed by atoms with Crippen LogP contribution in [0.4, 0.5) is 10.1 Å². The number of carbonyl (C=O) groups is 1. The minimum absolute atomic E-state index is 0.186. The van der Waals surface area contributed by atoms with E-state index in [4.69, 9.17) is 0 Å². The molecule has 21 heavy (non-hydrogen) atoms. The number of hydrogen-bond donors (Lipinski definition) is 0. The van der Waals surface area contributed by atoms with E-state index in [0.29, 0.717) is 17.0 Å². The number of benzodiazepines with no additional fused rings is 1. The number of alkyl halides is 1. The largest absolute Gasteiger partial charge is 0.312 e. The lowest BCUT2D eigenvalue weighted by Crippen LogP contribution is -2.31. The number of para-hydroxylation sites is 1. The summed E-state index contributed by atoms with van der Waals surface area (Å²) >= 11 is 3.26. The molecule has 0 radical (unpaired) electrons. The van der Waals surface area contributed by atoms with Gasteiger partial charge in [0.1, 0.15) is 5.82 Å². The number of anilines is 1. The van der Waals surface area contributed by atoms with Crippen molar-refractivity contribution in [2.24, 2.45) is 4.99 Å². The van der Waals surface area contributed by atoms with Crippen LogP contribution in [0.15, 0.2) is 53.5 Å². The highest BCUT2D eigenvalue weighted by atomic mass is 79.9. The van der Waals surface area contributed by atoms with Crippen molar-refractivity contribution < 1.29 is 9.18 Å². The molecule has 0 aliphatic carbocycles. The molecule has 106 valence electrons. The Hall–Kier alpha value is -2.01. The fourth-order valence-electron chi connectivity index (χ4n) is 2.35. The van der Waals surface area contributed by atoms with Gasteiger partial charge in [-0.3, -0.25) is 9.79 Å². The molecule has 3 rings (SSSR count). The molecular weight excluding hydrogens is 335 g/mol. The average molecular weight is 347 g/mol. The Morgan fingerprint density at radius 3 is 2.43 bits per heavy atom. The number of nitrogens with zero attached hydrogens (tertiary/aromatic N) is 2. The lowest BCUT2D eigenvalue weighted by atomic mass is 10.00. The van der Waals surface area contributed by atoms with Gasteiger partial charge in [0.05, 0.1) is 11.4 Å². The molecule has 0 saturated heterocycles. The average Bonchev–Trinajstić information content (AvgIpc) is 2.59. The van der Waals surface area contributed by atoms with Gasteiger partial charge in [0.25, 0.3) is 5.91 Å². The highest BCUT2D eigenvalue weighted by Gasteiger charge is 2.28. The zero-order chi connectivity index (χ0) is 15.0. The SMILES string of the molecule is CN1C(=O)C(Br)N=C(c2ccccc2F)c2ccccc21. The molecule has 1 aliphatic heterocycles. The number of fused-ring (bicyclic) bond motifs is 1. The van der Waals surface area contributed by atoms with Gasteiger partial charge in [0.2, 0.25) is 0 Å². The highest BCUT2D eigenvalue weighted by molar-refractivity contribution is 9.10. The maximum atomic E-state index is 14.1. The summed E-state index contributed by atoms with van der Waals surface area (Å²) in [5.41, 5.74) is 2.31. The predicted molar refractivity (Wildman–Crippen MR) is 84.6 cm³/mol. The van der Waals surface area contributed by atoms with Gasteiger partial charge in [0.15, 0.2) is 4.95 Å². The Kier molecular flexibility index (Phi) is 3.59. The van der Waals surface area contributed by atoms with Crippen molar-refractivity contribution in [1.29, 1.82) is 0 Å². The summed E-state index contributed by atoms with van der Waals surface area (Å²) in [5, 5.41) is 0. The summed E-state index contributed by atoms with van der Waals surface area (Å²) < 4.78 is 14.1. The van der Waals surface area contributed by atoms with Gasteiger partial charge in [0, 0.05) is 18.2 Å². The summed E-state index contributed by atoms with van der Waals surface area (Å²) in [7, 11) is 1.69. The van der Waals surface area contributed by atoms with E-state index in [1.807, 2.05) is 24.3 Å². The molecule has 0 bridgehead atoms. The number of benzene rings is 2. The minimum atomic E-state index is -0.732. The fraction of sp³-hybridized carbons (Fsp3) is 0.125. The molecule has 0 aromatic heterocycles. The van der Waals surface area contributed by atoms with Crippen molar-refractivity contribution in [2.45, 2.75) is 4.95 Å². The normalized spacial score (nSPS) is 18.0. The molecule has 1 aliphatic rings. The fourth-order valence-corrected chi connectivity index (χ4v) is 2.86. The first-order valence-corrected chi connectivity index (χ1v) is 7.35. The number of carbonyl (C=O) groups excluding carboxylic acids is 1. The highest BCUT2D eigenvalue weighted by Crippen LogP contribution is 2.29. The summed E-state index contributed by atoms with van der Waals surface area (Å²) in [4.78, 5) is 17.4. The maximum absolute atomic E-state index is 14.1. The number of amides is 1. The van der Waals surface area contributed by atoms with E-state index in [9.17, 15) is 9.18 Å². The van der Waals surface area contributed by atoms with Gasteiger partial charge in [-0.15, -0.1) is 0 Å². The third-order valence-electron chi connectivity index (χ3n) is 3.43. The summed E-state index contributed by atoms with van der Waals surface area (Å²) in [5.74, 6) is -0.545. The molecule has 0 saturated carbocycles. The minimum Gasteiger partial charge on any atom is -0.312 e. The van der Waals surface area contributed by atoms with Crippen LogP contribution in [-0.4, -0.2) is 23.6 Å². The van der Waals surface area contributed by atoms with E-state index in [1.165, 1.54) is 11.0 Å². The zero-order valence-corrected chi connectivity index (χ0v) is 12.8. The van der Waals surface area contributed by atoms with Crippen LogP contribution in [0, 0.1) is 5.82 Å². The smallest absolute Gasteiger partial charge is 0.262 e. The topological polar surface area (TPSA) is 32.7 Å². The number of likely N-dealkylation sites (N-methyl/N-ethyl adjacent to an activating group) is 1. The van der Waals surface area contributed by atoms with Crippen molar-refractivity contribution in [3.8, 4) is 0 Å². The summed E-state index contributed by atoms with van der Waals surface area (Å²) in [6.45, 7) is 0. The van der Waals surface area contributed by atoms with Crippen molar-refractivity contribution in [2.75, 3.05) is 11.9 Å². The molecule has 3 nitrogen and oxygen atoms in total. The Labute approximate surface area is 130 Å². The molecule has 1 heterocycles. The van der Waals surface area contributed by atoms with Crippen LogP contribution < -0.4 is 4.90 Å². The summed E-state index contributed by atoms with van der Waals surface area (Å²) in [6.07, 6.45) is 0. The van der Waals surface area contributed by atoms with Crippen LogP contribution in [0.1, 0.15) is 11.1 Å². The molecule has 2 aromatic rings. The second-order valence-corrected chi connectivity index (χ2v) is 5.58. The number of rotatable bonds is 1.